The highest BCUT2D eigenvalue weighted by Gasteiger charge is 2.16. The smallest absolute Gasteiger partial charge is 0.340 e. The van der Waals surface area contributed by atoms with Crippen molar-refractivity contribution in [3.05, 3.63) is 66.1 Å². The lowest BCUT2D eigenvalue weighted by atomic mass is 10.1. The number of para-hydroxylation sites is 1. The first-order valence-corrected chi connectivity index (χ1v) is 6.38. The van der Waals surface area contributed by atoms with E-state index in [-0.39, 0.29) is 17.9 Å². The second-order valence-corrected chi connectivity index (χ2v) is 4.46. The molecule has 0 saturated heterocycles. The number of pyridine rings is 2. The Balaban J connectivity index is 1.98. The van der Waals surface area contributed by atoms with Crippen LogP contribution in [0.3, 0.4) is 0 Å². The molecule has 5 heteroatoms. The van der Waals surface area contributed by atoms with E-state index >= 15 is 0 Å². The number of carboxylic acid groups (broad SMARTS) is 1. The van der Waals surface area contributed by atoms with Crippen molar-refractivity contribution in [2.75, 3.05) is 0 Å². The van der Waals surface area contributed by atoms with Gasteiger partial charge in [-0.3, -0.25) is 9.97 Å². The Hall–Kier alpha value is -2.95. The molecule has 0 aliphatic rings. The highest BCUT2D eigenvalue weighted by Crippen LogP contribution is 2.26. The van der Waals surface area contributed by atoms with Crippen molar-refractivity contribution >= 4 is 16.9 Å². The number of benzene rings is 1. The summed E-state index contributed by atoms with van der Waals surface area (Å²) >= 11 is 0. The van der Waals surface area contributed by atoms with Crippen LogP contribution in [0.4, 0.5) is 0 Å². The second-order valence-electron chi connectivity index (χ2n) is 4.46. The van der Waals surface area contributed by atoms with Crippen LogP contribution in [0.5, 0.6) is 5.75 Å². The third kappa shape index (κ3) is 2.67. The minimum Gasteiger partial charge on any atom is -0.486 e. The zero-order chi connectivity index (χ0) is 14.7. The molecule has 0 spiro atoms. The molecule has 0 aliphatic carbocycles. The number of aromatic carboxylic acids is 1. The minimum atomic E-state index is -1.03. The average Bonchev–Trinajstić information content (AvgIpc) is 2.53. The largest absolute Gasteiger partial charge is 0.486 e. The summed E-state index contributed by atoms with van der Waals surface area (Å²) in [4.78, 5) is 19.7. The maximum atomic E-state index is 11.5. The van der Waals surface area contributed by atoms with Gasteiger partial charge in [0.1, 0.15) is 12.2 Å². The number of aromatic nitrogens is 2. The number of hydrogen-bond acceptors (Lipinski definition) is 4. The van der Waals surface area contributed by atoms with E-state index in [1.54, 1.807) is 30.6 Å². The van der Waals surface area contributed by atoms with E-state index in [0.717, 1.165) is 5.56 Å². The standard InChI is InChI=1S/C16H12N2O3/c19-16(20)15-12-3-1-2-4-13(12)18-9-14(15)21-10-11-5-7-17-8-6-11/h1-9H,10H2,(H,19,20). The van der Waals surface area contributed by atoms with Crippen LogP contribution in [0, 0.1) is 0 Å². The third-order valence-electron chi connectivity index (χ3n) is 3.10. The Morgan fingerprint density at radius 2 is 1.90 bits per heavy atom. The van der Waals surface area contributed by atoms with Gasteiger partial charge in [0.15, 0.2) is 5.75 Å². The molecule has 3 rings (SSSR count). The first-order chi connectivity index (χ1) is 10.3. The number of carbonyl (C=O) groups is 1. The predicted molar refractivity (Wildman–Crippen MR) is 77.3 cm³/mol. The van der Waals surface area contributed by atoms with Gasteiger partial charge in [-0.05, 0) is 23.8 Å². The molecule has 0 amide bonds. The van der Waals surface area contributed by atoms with E-state index in [9.17, 15) is 9.90 Å². The molecule has 0 saturated carbocycles. The van der Waals surface area contributed by atoms with E-state index in [4.69, 9.17) is 4.74 Å². The van der Waals surface area contributed by atoms with E-state index < -0.39 is 5.97 Å². The SMILES string of the molecule is O=C(O)c1c(OCc2ccncc2)cnc2ccccc12. The Morgan fingerprint density at radius 1 is 1.14 bits per heavy atom. The van der Waals surface area contributed by atoms with Crippen LogP contribution in [0.25, 0.3) is 10.9 Å². The number of rotatable bonds is 4. The highest BCUT2D eigenvalue weighted by atomic mass is 16.5. The number of ether oxygens (including phenoxy) is 1. The fourth-order valence-electron chi connectivity index (χ4n) is 2.09. The number of carboxylic acids is 1. The lowest BCUT2D eigenvalue weighted by Crippen LogP contribution is -2.05. The number of hydrogen-bond donors (Lipinski definition) is 1. The Bertz CT molecular complexity index is 788. The summed E-state index contributed by atoms with van der Waals surface area (Å²) in [5.41, 5.74) is 1.68. The number of nitrogens with zero attached hydrogens (tertiary/aromatic N) is 2. The molecule has 5 nitrogen and oxygen atoms in total. The molecule has 0 bridgehead atoms. The van der Waals surface area contributed by atoms with Crippen LogP contribution in [0.2, 0.25) is 0 Å². The fraction of sp³-hybridized carbons (Fsp3) is 0.0625. The first kappa shape index (κ1) is 13.1. The third-order valence-corrected chi connectivity index (χ3v) is 3.10. The zero-order valence-electron chi connectivity index (χ0n) is 11.1. The van der Waals surface area contributed by atoms with Crippen LogP contribution in [-0.4, -0.2) is 21.0 Å². The molecule has 2 heterocycles. The van der Waals surface area contributed by atoms with Crippen LogP contribution in [0.1, 0.15) is 15.9 Å². The summed E-state index contributed by atoms with van der Waals surface area (Å²) in [6, 6.07) is 10.7. The van der Waals surface area contributed by atoms with Crippen molar-refractivity contribution < 1.29 is 14.6 Å². The molecule has 3 aromatic rings. The molecule has 1 aromatic carbocycles. The molecule has 0 aliphatic heterocycles. The van der Waals surface area contributed by atoms with Gasteiger partial charge in [0.05, 0.1) is 11.7 Å². The van der Waals surface area contributed by atoms with E-state index in [1.165, 1.54) is 6.20 Å². The molecule has 2 aromatic heterocycles. The Morgan fingerprint density at radius 3 is 2.67 bits per heavy atom. The molecule has 21 heavy (non-hydrogen) atoms. The normalized spacial score (nSPS) is 10.5. The van der Waals surface area contributed by atoms with E-state index in [2.05, 4.69) is 9.97 Å². The molecule has 104 valence electrons. The quantitative estimate of drug-likeness (QED) is 0.795. The average molecular weight is 280 g/mol. The molecule has 1 N–H and O–H groups in total. The van der Waals surface area contributed by atoms with Gasteiger partial charge in [0, 0.05) is 17.8 Å². The van der Waals surface area contributed by atoms with Crippen molar-refractivity contribution in [3.8, 4) is 5.75 Å². The highest BCUT2D eigenvalue weighted by molar-refractivity contribution is 6.04. The molecular formula is C16H12N2O3. The van der Waals surface area contributed by atoms with Gasteiger partial charge in [-0.15, -0.1) is 0 Å². The van der Waals surface area contributed by atoms with Gasteiger partial charge in [-0.1, -0.05) is 18.2 Å². The first-order valence-electron chi connectivity index (χ1n) is 6.38. The predicted octanol–water partition coefficient (Wildman–Crippen LogP) is 2.91. The Labute approximate surface area is 120 Å². The minimum absolute atomic E-state index is 0.134. The topological polar surface area (TPSA) is 72.3 Å². The van der Waals surface area contributed by atoms with Gasteiger partial charge in [-0.2, -0.15) is 0 Å². The molecule has 0 radical (unpaired) electrons. The van der Waals surface area contributed by atoms with Crippen molar-refractivity contribution in [1.29, 1.82) is 0 Å². The summed E-state index contributed by atoms with van der Waals surface area (Å²) in [6.45, 7) is 0.267. The van der Waals surface area contributed by atoms with Gasteiger partial charge in [0.25, 0.3) is 0 Å². The summed E-state index contributed by atoms with van der Waals surface area (Å²) in [5.74, 6) is -0.767. The summed E-state index contributed by atoms with van der Waals surface area (Å²) in [6.07, 6.45) is 4.78. The van der Waals surface area contributed by atoms with Crippen molar-refractivity contribution in [3.63, 3.8) is 0 Å². The maximum absolute atomic E-state index is 11.5. The summed E-state index contributed by atoms with van der Waals surface area (Å²) in [5, 5.41) is 10.0. The molecular weight excluding hydrogens is 268 g/mol. The summed E-state index contributed by atoms with van der Waals surface area (Å²) < 4.78 is 5.62. The monoisotopic (exact) mass is 280 g/mol. The van der Waals surface area contributed by atoms with E-state index in [0.29, 0.717) is 10.9 Å². The number of fused-ring (bicyclic) bond motifs is 1. The van der Waals surface area contributed by atoms with Crippen LogP contribution in [-0.2, 0) is 6.61 Å². The lowest BCUT2D eigenvalue weighted by Gasteiger charge is -2.10. The van der Waals surface area contributed by atoms with E-state index in [1.807, 2.05) is 18.2 Å². The Kier molecular flexibility index (Phi) is 3.47. The lowest BCUT2D eigenvalue weighted by molar-refractivity contribution is 0.0694. The van der Waals surface area contributed by atoms with Crippen molar-refractivity contribution in [2.45, 2.75) is 6.61 Å². The second kappa shape index (κ2) is 5.58. The van der Waals surface area contributed by atoms with Crippen molar-refractivity contribution in [2.24, 2.45) is 0 Å². The zero-order valence-corrected chi connectivity index (χ0v) is 11.1. The van der Waals surface area contributed by atoms with Crippen LogP contribution < -0.4 is 4.74 Å². The molecule has 0 fully saturated rings. The fourth-order valence-corrected chi connectivity index (χ4v) is 2.09. The van der Waals surface area contributed by atoms with Crippen molar-refractivity contribution in [1.82, 2.24) is 9.97 Å². The van der Waals surface area contributed by atoms with Crippen LogP contribution >= 0.6 is 0 Å². The van der Waals surface area contributed by atoms with Crippen LogP contribution in [0.15, 0.2) is 55.0 Å². The summed E-state index contributed by atoms with van der Waals surface area (Å²) in [7, 11) is 0. The van der Waals surface area contributed by atoms with Gasteiger partial charge in [0.2, 0.25) is 0 Å². The van der Waals surface area contributed by atoms with Gasteiger partial charge in [-0.25, -0.2) is 4.79 Å². The molecule has 0 atom stereocenters. The van der Waals surface area contributed by atoms with Gasteiger partial charge < -0.3 is 9.84 Å². The van der Waals surface area contributed by atoms with Gasteiger partial charge >= 0.3 is 5.97 Å². The maximum Gasteiger partial charge on any atom is 0.340 e. The molecule has 0 unspecified atom stereocenters.